The third-order valence-corrected chi connectivity index (χ3v) is 3.23. The molecule has 2 rings (SSSR count). The second kappa shape index (κ2) is 5.23. The highest BCUT2D eigenvalue weighted by atomic mass is 15.1. The summed E-state index contributed by atoms with van der Waals surface area (Å²) in [5.74, 6) is 0. The van der Waals surface area contributed by atoms with Gasteiger partial charge in [0.25, 0.3) is 0 Å². The van der Waals surface area contributed by atoms with Gasteiger partial charge in [-0.1, -0.05) is 36.4 Å². The molecule has 2 N–H and O–H groups in total. The second-order valence-corrected chi connectivity index (χ2v) is 4.89. The van der Waals surface area contributed by atoms with Crippen molar-refractivity contribution in [2.45, 2.75) is 13.0 Å². The SMILES string of the molecule is Cc1ccccc1C(c1cccc(N)c1)N(C)C. The zero-order chi connectivity index (χ0) is 13.1. The third-order valence-electron chi connectivity index (χ3n) is 3.23. The molecule has 0 spiro atoms. The number of nitrogens with zero attached hydrogens (tertiary/aromatic N) is 1. The Bertz CT molecular complexity index is 532. The number of nitrogen functional groups attached to an aromatic ring is 1. The van der Waals surface area contributed by atoms with Gasteiger partial charge in [-0.3, -0.25) is 4.90 Å². The van der Waals surface area contributed by atoms with E-state index in [1.165, 1.54) is 16.7 Å². The molecule has 0 saturated carbocycles. The smallest absolute Gasteiger partial charge is 0.0600 e. The molecule has 0 heterocycles. The summed E-state index contributed by atoms with van der Waals surface area (Å²) in [6.45, 7) is 2.15. The Morgan fingerprint density at radius 2 is 1.72 bits per heavy atom. The van der Waals surface area contributed by atoms with E-state index in [9.17, 15) is 0 Å². The van der Waals surface area contributed by atoms with E-state index in [2.05, 4.69) is 62.3 Å². The fourth-order valence-electron chi connectivity index (χ4n) is 2.38. The molecule has 2 nitrogen and oxygen atoms in total. The molecule has 1 atom stereocenters. The van der Waals surface area contributed by atoms with Crippen molar-refractivity contribution < 1.29 is 0 Å². The van der Waals surface area contributed by atoms with E-state index in [1.54, 1.807) is 0 Å². The average molecular weight is 240 g/mol. The molecule has 2 aromatic carbocycles. The van der Waals surface area contributed by atoms with E-state index >= 15 is 0 Å². The molecule has 0 bridgehead atoms. The van der Waals surface area contributed by atoms with Crippen LogP contribution >= 0.6 is 0 Å². The van der Waals surface area contributed by atoms with Crippen LogP contribution in [0.3, 0.4) is 0 Å². The number of anilines is 1. The normalized spacial score (nSPS) is 12.7. The van der Waals surface area contributed by atoms with Crippen LogP contribution in [0.4, 0.5) is 5.69 Å². The van der Waals surface area contributed by atoms with Crippen LogP contribution in [0.2, 0.25) is 0 Å². The average Bonchev–Trinajstić information content (AvgIpc) is 2.32. The van der Waals surface area contributed by atoms with E-state index < -0.39 is 0 Å². The monoisotopic (exact) mass is 240 g/mol. The summed E-state index contributed by atoms with van der Waals surface area (Å²) in [6.07, 6.45) is 0. The minimum atomic E-state index is 0.245. The Kier molecular flexibility index (Phi) is 3.68. The van der Waals surface area contributed by atoms with Crippen LogP contribution in [0.15, 0.2) is 48.5 Å². The Labute approximate surface area is 109 Å². The van der Waals surface area contributed by atoms with Gasteiger partial charge < -0.3 is 5.73 Å². The fourth-order valence-corrected chi connectivity index (χ4v) is 2.38. The second-order valence-electron chi connectivity index (χ2n) is 4.89. The van der Waals surface area contributed by atoms with Gasteiger partial charge >= 0.3 is 0 Å². The molecule has 94 valence electrons. The molecule has 0 aliphatic carbocycles. The van der Waals surface area contributed by atoms with Gasteiger partial charge in [0.2, 0.25) is 0 Å². The summed E-state index contributed by atoms with van der Waals surface area (Å²) < 4.78 is 0. The van der Waals surface area contributed by atoms with Gasteiger partial charge in [-0.15, -0.1) is 0 Å². The number of hydrogen-bond donors (Lipinski definition) is 1. The minimum absolute atomic E-state index is 0.245. The van der Waals surface area contributed by atoms with Gasteiger partial charge in [0.05, 0.1) is 6.04 Å². The van der Waals surface area contributed by atoms with Gasteiger partial charge in [-0.2, -0.15) is 0 Å². The number of hydrogen-bond acceptors (Lipinski definition) is 2. The number of benzene rings is 2. The first-order chi connectivity index (χ1) is 8.59. The van der Waals surface area contributed by atoms with Crippen LogP contribution in [-0.2, 0) is 0 Å². The Balaban J connectivity index is 2.50. The predicted molar refractivity (Wildman–Crippen MR) is 77.6 cm³/mol. The maximum Gasteiger partial charge on any atom is 0.0600 e. The van der Waals surface area contributed by atoms with E-state index in [1.807, 2.05) is 12.1 Å². The first-order valence-electron chi connectivity index (χ1n) is 6.17. The van der Waals surface area contributed by atoms with Gasteiger partial charge in [-0.25, -0.2) is 0 Å². The molecule has 0 aliphatic heterocycles. The molecule has 0 fully saturated rings. The lowest BCUT2D eigenvalue weighted by atomic mass is 9.94. The zero-order valence-electron chi connectivity index (χ0n) is 11.2. The Morgan fingerprint density at radius 1 is 1.00 bits per heavy atom. The van der Waals surface area contributed by atoms with Gasteiger partial charge in [0.15, 0.2) is 0 Å². The lowest BCUT2D eigenvalue weighted by Gasteiger charge is -2.27. The molecule has 2 aromatic rings. The van der Waals surface area contributed by atoms with E-state index in [4.69, 9.17) is 5.73 Å². The Hall–Kier alpha value is -1.80. The molecule has 0 saturated heterocycles. The van der Waals surface area contributed by atoms with E-state index in [0.717, 1.165) is 5.69 Å². The quantitative estimate of drug-likeness (QED) is 0.835. The number of aryl methyl sites for hydroxylation is 1. The van der Waals surface area contributed by atoms with Crippen molar-refractivity contribution in [3.8, 4) is 0 Å². The highest BCUT2D eigenvalue weighted by molar-refractivity contribution is 5.45. The fraction of sp³-hybridized carbons (Fsp3) is 0.250. The maximum atomic E-state index is 5.89. The van der Waals surface area contributed by atoms with Crippen molar-refractivity contribution in [1.82, 2.24) is 4.90 Å². The van der Waals surface area contributed by atoms with Gasteiger partial charge in [-0.05, 0) is 49.8 Å². The molecular formula is C16H20N2. The number of rotatable bonds is 3. The first kappa shape index (κ1) is 12.7. The number of nitrogens with two attached hydrogens (primary N) is 1. The molecular weight excluding hydrogens is 220 g/mol. The van der Waals surface area contributed by atoms with Crippen molar-refractivity contribution in [1.29, 1.82) is 0 Å². The van der Waals surface area contributed by atoms with Crippen molar-refractivity contribution in [2.75, 3.05) is 19.8 Å². The summed E-state index contributed by atoms with van der Waals surface area (Å²) in [6, 6.07) is 16.9. The lowest BCUT2D eigenvalue weighted by molar-refractivity contribution is 0.341. The topological polar surface area (TPSA) is 29.3 Å². The van der Waals surface area contributed by atoms with Gasteiger partial charge in [0.1, 0.15) is 0 Å². The van der Waals surface area contributed by atoms with Crippen LogP contribution < -0.4 is 5.73 Å². The van der Waals surface area contributed by atoms with Crippen molar-refractivity contribution in [2.24, 2.45) is 0 Å². The largest absolute Gasteiger partial charge is 0.399 e. The third kappa shape index (κ3) is 2.54. The minimum Gasteiger partial charge on any atom is -0.399 e. The Morgan fingerprint density at radius 3 is 2.33 bits per heavy atom. The molecule has 0 aromatic heterocycles. The van der Waals surface area contributed by atoms with Crippen LogP contribution in [0.5, 0.6) is 0 Å². The summed E-state index contributed by atoms with van der Waals surface area (Å²) in [7, 11) is 4.20. The van der Waals surface area contributed by atoms with Crippen molar-refractivity contribution in [3.63, 3.8) is 0 Å². The summed E-state index contributed by atoms with van der Waals surface area (Å²) in [5.41, 5.74) is 10.6. The summed E-state index contributed by atoms with van der Waals surface area (Å²) >= 11 is 0. The molecule has 2 heteroatoms. The maximum absolute atomic E-state index is 5.89. The molecule has 0 amide bonds. The van der Waals surface area contributed by atoms with Crippen molar-refractivity contribution in [3.05, 3.63) is 65.2 Å². The summed E-state index contributed by atoms with van der Waals surface area (Å²) in [5, 5.41) is 0. The molecule has 0 aliphatic rings. The first-order valence-corrected chi connectivity index (χ1v) is 6.17. The molecule has 1 unspecified atom stereocenters. The van der Waals surface area contributed by atoms with Crippen LogP contribution in [0.25, 0.3) is 0 Å². The highest BCUT2D eigenvalue weighted by Gasteiger charge is 2.18. The molecule has 0 radical (unpaired) electrons. The lowest BCUT2D eigenvalue weighted by Crippen LogP contribution is -2.22. The van der Waals surface area contributed by atoms with Crippen LogP contribution in [-0.4, -0.2) is 19.0 Å². The van der Waals surface area contributed by atoms with Crippen LogP contribution in [0, 0.1) is 6.92 Å². The van der Waals surface area contributed by atoms with Gasteiger partial charge in [0, 0.05) is 5.69 Å². The standard InChI is InChI=1S/C16H20N2/c1-12-7-4-5-10-15(12)16(18(2)3)13-8-6-9-14(17)11-13/h4-11,16H,17H2,1-3H3. The van der Waals surface area contributed by atoms with Crippen molar-refractivity contribution >= 4 is 5.69 Å². The zero-order valence-corrected chi connectivity index (χ0v) is 11.2. The highest BCUT2D eigenvalue weighted by Crippen LogP contribution is 2.29. The molecule has 18 heavy (non-hydrogen) atoms. The van der Waals surface area contributed by atoms with Crippen LogP contribution in [0.1, 0.15) is 22.7 Å². The predicted octanol–water partition coefficient (Wildman–Crippen LogP) is 3.23. The van der Waals surface area contributed by atoms with E-state index in [0.29, 0.717) is 0 Å². The van der Waals surface area contributed by atoms with E-state index in [-0.39, 0.29) is 6.04 Å². The summed E-state index contributed by atoms with van der Waals surface area (Å²) in [4.78, 5) is 2.22.